The monoisotopic (exact) mass is 277 g/mol. The molecule has 1 N–H and O–H groups in total. The fraction of sp³-hybridized carbons (Fsp3) is 0.231. The van der Waals surface area contributed by atoms with E-state index in [-0.39, 0.29) is 11.7 Å². The Morgan fingerprint density at radius 3 is 3.05 bits per heavy atom. The number of carbonyl (C=O) groups is 1. The van der Waals surface area contributed by atoms with E-state index in [0.717, 1.165) is 12.4 Å². The second-order valence-corrected chi connectivity index (χ2v) is 4.83. The molecule has 1 aromatic heterocycles. The maximum Gasteiger partial charge on any atom is 0.255 e. The Kier molecular flexibility index (Phi) is 2.91. The highest BCUT2D eigenvalue weighted by Gasteiger charge is 2.23. The van der Waals surface area contributed by atoms with Gasteiger partial charge in [-0.2, -0.15) is 0 Å². The van der Waals surface area contributed by atoms with Crippen molar-refractivity contribution in [1.82, 2.24) is 14.5 Å². The molecule has 0 aliphatic carbocycles. The second kappa shape index (κ2) is 4.59. The van der Waals surface area contributed by atoms with Gasteiger partial charge in [0.15, 0.2) is 0 Å². The Bertz CT molecular complexity index is 639. The number of hydrogen-bond acceptors (Lipinski definition) is 3. The summed E-state index contributed by atoms with van der Waals surface area (Å²) in [4.78, 5) is 18.3. The quantitative estimate of drug-likeness (QED) is 0.866. The van der Waals surface area contributed by atoms with Gasteiger partial charge >= 0.3 is 0 Å². The molecule has 0 unspecified atom stereocenters. The number of benzene rings is 1. The maximum absolute atomic E-state index is 12.4. The van der Waals surface area contributed by atoms with Crippen molar-refractivity contribution in [3.05, 3.63) is 47.0 Å². The second-order valence-electron chi connectivity index (χ2n) is 4.43. The summed E-state index contributed by atoms with van der Waals surface area (Å²) in [6, 6.07) is 4.38. The molecule has 2 aromatic rings. The number of hydrogen-bond donors (Lipinski definition) is 1. The standard InChI is InChI=1S/C13H12ClN3O2/c14-11-2-1-9(18)7-10(11)13(19)17-6-5-16-4-3-15-12(16)8-17/h1-4,7,18H,5-6,8H2. The van der Waals surface area contributed by atoms with Gasteiger partial charge in [-0.05, 0) is 18.2 Å². The summed E-state index contributed by atoms with van der Waals surface area (Å²) in [5, 5.41) is 9.81. The molecule has 0 fully saturated rings. The predicted molar refractivity (Wildman–Crippen MR) is 70.1 cm³/mol. The van der Waals surface area contributed by atoms with Crippen molar-refractivity contribution in [3.63, 3.8) is 0 Å². The zero-order chi connectivity index (χ0) is 13.4. The highest BCUT2D eigenvalue weighted by atomic mass is 35.5. The summed E-state index contributed by atoms with van der Waals surface area (Å²) in [7, 11) is 0. The van der Waals surface area contributed by atoms with E-state index in [1.54, 1.807) is 11.1 Å². The third-order valence-electron chi connectivity index (χ3n) is 3.21. The molecule has 0 saturated heterocycles. The van der Waals surface area contributed by atoms with Crippen molar-refractivity contribution < 1.29 is 9.90 Å². The van der Waals surface area contributed by atoms with Gasteiger partial charge in [0.05, 0.1) is 17.1 Å². The van der Waals surface area contributed by atoms with E-state index in [1.165, 1.54) is 18.2 Å². The summed E-state index contributed by atoms with van der Waals surface area (Å²) >= 11 is 6.01. The Morgan fingerprint density at radius 1 is 1.37 bits per heavy atom. The summed E-state index contributed by atoms with van der Waals surface area (Å²) < 4.78 is 2.02. The van der Waals surface area contributed by atoms with Gasteiger partial charge in [0, 0.05) is 25.5 Å². The zero-order valence-corrected chi connectivity index (χ0v) is 10.8. The number of nitrogens with zero attached hydrogens (tertiary/aromatic N) is 3. The first-order chi connectivity index (χ1) is 9.15. The minimum Gasteiger partial charge on any atom is -0.508 e. The number of phenols is 1. The maximum atomic E-state index is 12.4. The van der Waals surface area contributed by atoms with E-state index < -0.39 is 0 Å². The van der Waals surface area contributed by atoms with E-state index in [2.05, 4.69) is 4.98 Å². The molecule has 1 aliphatic heterocycles. The number of imidazole rings is 1. The molecule has 2 heterocycles. The van der Waals surface area contributed by atoms with Crippen LogP contribution in [0.3, 0.4) is 0 Å². The number of carbonyl (C=O) groups excluding carboxylic acids is 1. The van der Waals surface area contributed by atoms with Gasteiger partial charge in [-0.15, -0.1) is 0 Å². The van der Waals surface area contributed by atoms with E-state index in [4.69, 9.17) is 11.6 Å². The molecule has 5 nitrogen and oxygen atoms in total. The largest absolute Gasteiger partial charge is 0.508 e. The van der Waals surface area contributed by atoms with Crippen LogP contribution >= 0.6 is 11.6 Å². The summed E-state index contributed by atoms with van der Waals surface area (Å²) in [6.45, 7) is 1.78. The summed E-state index contributed by atoms with van der Waals surface area (Å²) in [6.07, 6.45) is 3.63. The Hall–Kier alpha value is -2.01. The molecule has 0 radical (unpaired) electrons. The molecule has 1 amide bonds. The fourth-order valence-electron chi connectivity index (χ4n) is 2.19. The Labute approximate surface area is 115 Å². The minimum absolute atomic E-state index is 0.0336. The van der Waals surface area contributed by atoms with Gasteiger partial charge < -0.3 is 14.6 Å². The normalized spacial score (nSPS) is 14.3. The van der Waals surface area contributed by atoms with Gasteiger partial charge in [-0.25, -0.2) is 4.98 Å². The highest BCUT2D eigenvalue weighted by molar-refractivity contribution is 6.33. The Morgan fingerprint density at radius 2 is 2.21 bits per heavy atom. The van der Waals surface area contributed by atoms with Crippen molar-refractivity contribution >= 4 is 17.5 Å². The average Bonchev–Trinajstić information content (AvgIpc) is 2.88. The van der Waals surface area contributed by atoms with Crippen molar-refractivity contribution in [2.45, 2.75) is 13.1 Å². The first-order valence-electron chi connectivity index (χ1n) is 5.93. The molecule has 0 spiro atoms. The van der Waals surface area contributed by atoms with Crippen LogP contribution in [0.5, 0.6) is 5.75 Å². The van der Waals surface area contributed by atoms with Crippen molar-refractivity contribution in [2.75, 3.05) is 6.54 Å². The lowest BCUT2D eigenvalue weighted by Gasteiger charge is -2.28. The minimum atomic E-state index is -0.185. The number of fused-ring (bicyclic) bond motifs is 1. The van der Waals surface area contributed by atoms with Crippen molar-refractivity contribution in [2.24, 2.45) is 0 Å². The van der Waals surface area contributed by atoms with Crippen LogP contribution in [0.4, 0.5) is 0 Å². The van der Waals surface area contributed by atoms with Crippen molar-refractivity contribution in [1.29, 1.82) is 0 Å². The number of halogens is 1. The molecule has 1 aliphatic rings. The van der Waals surface area contributed by atoms with Crippen LogP contribution in [-0.4, -0.2) is 32.0 Å². The highest BCUT2D eigenvalue weighted by Crippen LogP contribution is 2.24. The number of amides is 1. The molecule has 0 saturated carbocycles. The van der Waals surface area contributed by atoms with Crippen LogP contribution in [0.1, 0.15) is 16.2 Å². The third kappa shape index (κ3) is 2.17. The van der Waals surface area contributed by atoms with Gasteiger partial charge in [0.25, 0.3) is 5.91 Å². The summed E-state index contributed by atoms with van der Waals surface area (Å²) in [5.41, 5.74) is 0.321. The van der Waals surface area contributed by atoms with Crippen LogP contribution < -0.4 is 0 Å². The SMILES string of the molecule is O=C(c1cc(O)ccc1Cl)N1CCn2ccnc2C1. The van der Waals surface area contributed by atoms with Crippen LogP contribution in [0.2, 0.25) is 5.02 Å². The van der Waals surface area contributed by atoms with E-state index in [1.807, 2.05) is 10.8 Å². The fourth-order valence-corrected chi connectivity index (χ4v) is 2.39. The molecule has 0 bridgehead atoms. The van der Waals surface area contributed by atoms with Gasteiger partial charge in [-0.1, -0.05) is 11.6 Å². The molecular weight excluding hydrogens is 266 g/mol. The van der Waals surface area contributed by atoms with Gasteiger partial charge in [0.2, 0.25) is 0 Å². The first kappa shape index (κ1) is 12.0. The first-order valence-corrected chi connectivity index (χ1v) is 6.31. The number of aromatic hydroxyl groups is 1. The Balaban J connectivity index is 1.87. The lowest BCUT2D eigenvalue weighted by Crippen LogP contribution is -2.38. The van der Waals surface area contributed by atoms with E-state index in [9.17, 15) is 9.90 Å². The lowest BCUT2D eigenvalue weighted by atomic mass is 10.1. The number of aromatic nitrogens is 2. The molecule has 98 valence electrons. The average molecular weight is 278 g/mol. The van der Waals surface area contributed by atoms with Crippen LogP contribution in [0, 0.1) is 0 Å². The number of rotatable bonds is 1. The summed E-state index contributed by atoms with van der Waals surface area (Å²) in [5.74, 6) is 0.706. The molecule has 3 rings (SSSR count). The molecule has 0 atom stereocenters. The predicted octanol–water partition coefficient (Wildman–Crippen LogP) is 1.90. The van der Waals surface area contributed by atoms with Gasteiger partial charge in [-0.3, -0.25) is 4.79 Å². The lowest BCUT2D eigenvalue weighted by molar-refractivity contribution is 0.0707. The smallest absolute Gasteiger partial charge is 0.255 e. The number of phenolic OH excluding ortho intramolecular Hbond substituents is 1. The van der Waals surface area contributed by atoms with Crippen LogP contribution in [0.15, 0.2) is 30.6 Å². The molecule has 1 aromatic carbocycles. The molecular formula is C13H12ClN3O2. The van der Waals surface area contributed by atoms with Crippen LogP contribution in [0.25, 0.3) is 0 Å². The van der Waals surface area contributed by atoms with Gasteiger partial charge in [0.1, 0.15) is 11.6 Å². The topological polar surface area (TPSA) is 58.4 Å². The molecule has 19 heavy (non-hydrogen) atoms. The molecule has 6 heteroatoms. The van der Waals surface area contributed by atoms with Crippen LogP contribution in [-0.2, 0) is 13.1 Å². The van der Waals surface area contributed by atoms with E-state index >= 15 is 0 Å². The van der Waals surface area contributed by atoms with Crippen molar-refractivity contribution in [3.8, 4) is 5.75 Å². The van der Waals surface area contributed by atoms with E-state index in [0.29, 0.717) is 23.7 Å². The zero-order valence-electron chi connectivity index (χ0n) is 10.1. The third-order valence-corrected chi connectivity index (χ3v) is 3.54.